The molecule has 4 nitrogen and oxygen atoms in total. The predicted octanol–water partition coefficient (Wildman–Crippen LogP) is 2.45. The summed E-state index contributed by atoms with van der Waals surface area (Å²) in [5.74, 6) is -0.0556. The van der Waals surface area contributed by atoms with E-state index in [4.69, 9.17) is 5.73 Å². The first kappa shape index (κ1) is 13.3. The summed E-state index contributed by atoms with van der Waals surface area (Å²) in [6, 6.07) is 4.62. The Balaban J connectivity index is 2.06. The van der Waals surface area contributed by atoms with Gasteiger partial charge in [-0.05, 0) is 34.5 Å². The molecular weight excluding hydrogens is 325 g/mol. The lowest BCUT2D eigenvalue weighted by atomic mass is 10.1. The molecule has 1 atom stereocenters. The third kappa shape index (κ3) is 2.24. The topological polar surface area (TPSA) is 59.2 Å². The van der Waals surface area contributed by atoms with Crippen LogP contribution in [-0.4, -0.2) is 24.0 Å². The quantitative estimate of drug-likeness (QED) is 0.915. The number of carbonyl (C=O) groups is 1. The summed E-state index contributed by atoms with van der Waals surface area (Å²) >= 11 is 3.42. The van der Waals surface area contributed by atoms with E-state index in [0.29, 0.717) is 25.3 Å². The Hall–Kier alpha value is -1.69. The standard InChI is InChI=1S/C14H13BrFN3O/c15-12-6-18-14(11-5-9(16)1-2-10(11)12)19-4-3-8(7-19)13(17)20/h1-2,5-6,8H,3-4,7H2,(H2,17,20). The molecule has 3 rings (SSSR count). The van der Waals surface area contributed by atoms with E-state index < -0.39 is 0 Å². The second-order valence-corrected chi connectivity index (χ2v) is 5.81. The number of benzene rings is 1. The number of hydrogen-bond acceptors (Lipinski definition) is 3. The number of carbonyl (C=O) groups excluding carboxylic acids is 1. The van der Waals surface area contributed by atoms with Gasteiger partial charge < -0.3 is 10.6 Å². The maximum atomic E-state index is 13.5. The zero-order valence-electron chi connectivity index (χ0n) is 10.6. The van der Waals surface area contributed by atoms with Crippen molar-refractivity contribution < 1.29 is 9.18 Å². The first-order valence-electron chi connectivity index (χ1n) is 6.34. The molecule has 1 fully saturated rings. The van der Waals surface area contributed by atoms with Crippen molar-refractivity contribution in [3.05, 3.63) is 34.7 Å². The SMILES string of the molecule is NC(=O)C1CCN(c2ncc(Br)c3ccc(F)cc23)C1. The van der Waals surface area contributed by atoms with Crippen LogP contribution in [0.3, 0.4) is 0 Å². The van der Waals surface area contributed by atoms with Gasteiger partial charge in [-0.2, -0.15) is 0 Å². The van der Waals surface area contributed by atoms with E-state index >= 15 is 0 Å². The van der Waals surface area contributed by atoms with Gasteiger partial charge in [0.25, 0.3) is 0 Å². The molecule has 1 saturated heterocycles. The molecule has 2 N–H and O–H groups in total. The van der Waals surface area contributed by atoms with Crippen LogP contribution in [0.5, 0.6) is 0 Å². The van der Waals surface area contributed by atoms with Crippen molar-refractivity contribution in [1.82, 2.24) is 4.98 Å². The summed E-state index contributed by atoms with van der Waals surface area (Å²) < 4.78 is 14.3. The summed E-state index contributed by atoms with van der Waals surface area (Å²) in [7, 11) is 0. The second-order valence-electron chi connectivity index (χ2n) is 4.95. The van der Waals surface area contributed by atoms with Crippen molar-refractivity contribution >= 4 is 38.4 Å². The minimum absolute atomic E-state index is 0.163. The summed E-state index contributed by atoms with van der Waals surface area (Å²) in [5.41, 5.74) is 5.35. The summed E-state index contributed by atoms with van der Waals surface area (Å²) in [6.07, 6.45) is 2.41. The van der Waals surface area contributed by atoms with E-state index in [0.717, 1.165) is 15.2 Å². The molecule has 1 aromatic carbocycles. The molecule has 0 aliphatic carbocycles. The Bertz CT molecular complexity index is 691. The number of primary amides is 1. The van der Waals surface area contributed by atoms with Crippen LogP contribution in [0.15, 0.2) is 28.9 Å². The highest BCUT2D eigenvalue weighted by atomic mass is 79.9. The van der Waals surface area contributed by atoms with Gasteiger partial charge in [-0.3, -0.25) is 4.79 Å². The Morgan fingerprint density at radius 3 is 2.95 bits per heavy atom. The maximum absolute atomic E-state index is 13.5. The van der Waals surface area contributed by atoms with Gasteiger partial charge in [0.2, 0.25) is 5.91 Å². The molecule has 1 aromatic heterocycles. The number of rotatable bonds is 2. The number of hydrogen-bond donors (Lipinski definition) is 1. The van der Waals surface area contributed by atoms with Crippen molar-refractivity contribution in [2.24, 2.45) is 11.7 Å². The van der Waals surface area contributed by atoms with Gasteiger partial charge in [-0.25, -0.2) is 9.37 Å². The molecule has 2 heterocycles. The molecule has 6 heteroatoms. The highest BCUT2D eigenvalue weighted by Gasteiger charge is 2.28. The molecule has 2 aromatic rings. The van der Waals surface area contributed by atoms with Crippen LogP contribution >= 0.6 is 15.9 Å². The Labute approximate surface area is 123 Å². The number of fused-ring (bicyclic) bond motifs is 1. The minimum Gasteiger partial charge on any atom is -0.369 e. The summed E-state index contributed by atoms with van der Waals surface area (Å²) in [5, 5.41) is 1.64. The van der Waals surface area contributed by atoms with E-state index in [-0.39, 0.29) is 17.6 Å². The van der Waals surface area contributed by atoms with Crippen molar-refractivity contribution in [3.8, 4) is 0 Å². The average Bonchev–Trinajstić information content (AvgIpc) is 2.88. The molecule has 1 aliphatic rings. The Morgan fingerprint density at radius 2 is 2.25 bits per heavy atom. The first-order chi connectivity index (χ1) is 9.56. The van der Waals surface area contributed by atoms with E-state index in [9.17, 15) is 9.18 Å². The molecule has 1 unspecified atom stereocenters. The van der Waals surface area contributed by atoms with E-state index in [1.807, 2.05) is 4.90 Å². The van der Waals surface area contributed by atoms with Gasteiger partial charge >= 0.3 is 0 Å². The number of nitrogens with two attached hydrogens (primary N) is 1. The third-order valence-electron chi connectivity index (χ3n) is 3.67. The lowest BCUT2D eigenvalue weighted by Gasteiger charge is -2.19. The molecule has 0 saturated carbocycles. The normalized spacial score (nSPS) is 18.7. The fourth-order valence-electron chi connectivity index (χ4n) is 2.60. The van der Waals surface area contributed by atoms with Gasteiger partial charge in [-0.15, -0.1) is 0 Å². The van der Waals surface area contributed by atoms with Crippen LogP contribution in [0.2, 0.25) is 0 Å². The van der Waals surface area contributed by atoms with Crippen LogP contribution in [0, 0.1) is 11.7 Å². The first-order valence-corrected chi connectivity index (χ1v) is 7.13. The van der Waals surface area contributed by atoms with Crippen LogP contribution in [0.4, 0.5) is 10.2 Å². The molecule has 0 bridgehead atoms. The largest absolute Gasteiger partial charge is 0.369 e. The number of pyridine rings is 1. The molecule has 20 heavy (non-hydrogen) atoms. The number of nitrogens with zero attached hydrogens (tertiary/aromatic N) is 2. The zero-order valence-corrected chi connectivity index (χ0v) is 12.2. The molecule has 1 aliphatic heterocycles. The molecule has 104 valence electrons. The van der Waals surface area contributed by atoms with Crippen molar-refractivity contribution in [2.75, 3.05) is 18.0 Å². The Morgan fingerprint density at radius 1 is 1.45 bits per heavy atom. The van der Waals surface area contributed by atoms with E-state index in [1.54, 1.807) is 12.3 Å². The van der Waals surface area contributed by atoms with Gasteiger partial charge in [0, 0.05) is 34.5 Å². The fourth-order valence-corrected chi connectivity index (χ4v) is 3.05. The van der Waals surface area contributed by atoms with Gasteiger partial charge in [-0.1, -0.05) is 6.07 Å². The highest BCUT2D eigenvalue weighted by Crippen LogP contribution is 2.33. The third-order valence-corrected chi connectivity index (χ3v) is 4.30. The predicted molar refractivity (Wildman–Crippen MR) is 78.9 cm³/mol. The maximum Gasteiger partial charge on any atom is 0.222 e. The summed E-state index contributed by atoms with van der Waals surface area (Å²) in [6.45, 7) is 1.24. The van der Waals surface area contributed by atoms with Gasteiger partial charge in [0.15, 0.2) is 0 Å². The lowest BCUT2D eigenvalue weighted by molar-refractivity contribution is -0.121. The van der Waals surface area contributed by atoms with E-state index in [2.05, 4.69) is 20.9 Å². The molecule has 0 radical (unpaired) electrons. The smallest absolute Gasteiger partial charge is 0.222 e. The summed E-state index contributed by atoms with van der Waals surface area (Å²) in [4.78, 5) is 17.6. The van der Waals surface area contributed by atoms with Gasteiger partial charge in [0.05, 0.1) is 5.92 Å². The minimum atomic E-state index is -0.302. The monoisotopic (exact) mass is 337 g/mol. The van der Waals surface area contributed by atoms with Crippen LogP contribution in [0.25, 0.3) is 10.8 Å². The van der Waals surface area contributed by atoms with Crippen molar-refractivity contribution in [1.29, 1.82) is 0 Å². The van der Waals surface area contributed by atoms with Crippen LogP contribution in [0.1, 0.15) is 6.42 Å². The van der Waals surface area contributed by atoms with Crippen molar-refractivity contribution in [2.45, 2.75) is 6.42 Å². The second kappa shape index (κ2) is 5.01. The van der Waals surface area contributed by atoms with Gasteiger partial charge in [0.1, 0.15) is 11.6 Å². The van der Waals surface area contributed by atoms with Crippen molar-refractivity contribution in [3.63, 3.8) is 0 Å². The zero-order chi connectivity index (χ0) is 14.3. The average molecular weight is 338 g/mol. The number of anilines is 1. The lowest BCUT2D eigenvalue weighted by Crippen LogP contribution is -2.27. The van der Waals surface area contributed by atoms with Crippen LogP contribution < -0.4 is 10.6 Å². The molecule has 1 amide bonds. The number of halogens is 2. The molecular formula is C14H13BrFN3O. The Kier molecular flexibility index (Phi) is 3.33. The highest BCUT2D eigenvalue weighted by molar-refractivity contribution is 9.10. The van der Waals surface area contributed by atoms with E-state index in [1.165, 1.54) is 12.1 Å². The fraction of sp³-hybridized carbons (Fsp3) is 0.286. The molecule has 0 spiro atoms. The van der Waals surface area contributed by atoms with Crippen LogP contribution in [-0.2, 0) is 4.79 Å². The number of amides is 1. The number of aromatic nitrogens is 1.